The summed E-state index contributed by atoms with van der Waals surface area (Å²) in [6.45, 7) is 4.21. The number of nitrogens with one attached hydrogen (secondary N) is 1. The summed E-state index contributed by atoms with van der Waals surface area (Å²) in [5.74, 6) is 1.21. The van der Waals surface area contributed by atoms with E-state index >= 15 is 0 Å². The van der Waals surface area contributed by atoms with Crippen molar-refractivity contribution >= 4 is 23.2 Å². The molecule has 4 nitrogen and oxygen atoms in total. The number of piperidine rings is 1. The predicted octanol–water partition coefficient (Wildman–Crippen LogP) is 6.64. The van der Waals surface area contributed by atoms with Gasteiger partial charge in [-0.2, -0.15) is 0 Å². The highest BCUT2D eigenvalue weighted by Gasteiger charge is 2.27. The van der Waals surface area contributed by atoms with E-state index in [1.165, 1.54) is 11.1 Å². The van der Waals surface area contributed by atoms with Gasteiger partial charge < -0.3 is 19.5 Å². The Bertz CT molecular complexity index is 1010. The van der Waals surface area contributed by atoms with Gasteiger partial charge in [0.05, 0.1) is 32.5 Å². The van der Waals surface area contributed by atoms with Gasteiger partial charge in [-0.1, -0.05) is 71.7 Å². The van der Waals surface area contributed by atoms with Crippen LogP contribution >= 0.6 is 23.2 Å². The van der Waals surface area contributed by atoms with Crippen LogP contribution in [0.3, 0.4) is 0 Å². The van der Waals surface area contributed by atoms with Crippen molar-refractivity contribution in [3.8, 4) is 5.75 Å². The molecule has 3 aromatic rings. The Kier molecular flexibility index (Phi) is 9.66. The minimum atomic E-state index is 0.0778. The molecular weight excluding hydrogens is 469 g/mol. The Morgan fingerprint density at radius 1 is 0.882 bits per heavy atom. The first kappa shape index (κ1) is 25.0. The number of ether oxygens (including phenoxy) is 3. The largest absolute Gasteiger partial charge is 0.494 e. The van der Waals surface area contributed by atoms with Crippen LogP contribution in [0.4, 0.5) is 0 Å². The zero-order valence-electron chi connectivity index (χ0n) is 19.2. The summed E-state index contributed by atoms with van der Waals surface area (Å²) in [6, 6.07) is 24.1. The topological polar surface area (TPSA) is 39.7 Å². The van der Waals surface area contributed by atoms with Crippen LogP contribution in [0, 0.1) is 0 Å². The van der Waals surface area contributed by atoms with Gasteiger partial charge >= 0.3 is 0 Å². The lowest BCUT2D eigenvalue weighted by atomic mass is 9.87. The fraction of sp³-hybridized carbons (Fsp3) is 0.357. The molecule has 4 rings (SSSR count). The maximum absolute atomic E-state index is 6.31. The summed E-state index contributed by atoms with van der Waals surface area (Å²) in [6.07, 6.45) is 1.96. The van der Waals surface area contributed by atoms with Crippen LogP contribution in [0.2, 0.25) is 10.0 Å². The molecule has 1 heterocycles. The lowest BCUT2D eigenvalue weighted by Crippen LogP contribution is -2.40. The average molecular weight is 500 g/mol. The van der Waals surface area contributed by atoms with Gasteiger partial charge in [-0.25, -0.2) is 0 Å². The third-order valence-electron chi connectivity index (χ3n) is 6.02. The predicted molar refractivity (Wildman–Crippen MR) is 138 cm³/mol. The standard InChI is InChI=1S/C28H31Cl2NO3/c29-24-10-7-23(27(30)17-24)20-34-28-18-31-14-13-26(28)22-8-11-25(12-9-22)33-16-4-15-32-19-21-5-2-1-3-6-21/h1-3,5-12,17,26,28,31H,4,13-16,18-20H2. The molecule has 0 aromatic heterocycles. The molecule has 0 spiro atoms. The van der Waals surface area contributed by atoms with E-state index < -0.39 is 0 Å². The van der Waals surface area contributed by atoms with E-state index in [4.69, 9.17) is 37.4 Å². The average Bonchev–Trinajstić information content (AvgIpc) is 2.87. The SMILES string of the molecule is Clc1ccc(COC2CNCCC2c2ccc(OCCCOCc3ccccc3)cc2)c(Cl)c1. The third kappa shape index (κ3) is 7.46. The highest BCUT2D eigenvalue weighted by Crippen LogP contribution is 2.30. The molecule has 1 fully saturated rings. The number of hydrogen-bond donors (Lipinski definition) is 1. The summed E-state index contributed by atoms with van der Waals surface area (Å²) in [5, 5.41) is 4.72. The van der Waals surface area contributed by atoms with Gasteiger partial charge in [0, 0.05) is 28.9 Å². The molecule has 1 aliphatic rings. The van der Waals surface area contributed by atoms with Gasteiger partial charge in [0.2, 0.25) is 0 Å². The summed E-state index contributed by atoms with van der Waals surface area (Å²) in [7, 11) is 0. The van der Waals surface area contributed by atoms with Crippen molar-refractivity contribution in [3.63, 3.8) is 0 Å². The highest BCUT2D eigenvalue weighted by atomic mass is 35.5. The molecule has 1 N–H and O–H groups in total. The van der Waals surface area contributed by atoms with Crippen LogP contribution in [-0.2, 0) is 22.7 Å². The Morgan fingerprint density at radius 3 is 2.50 bits per heavy atom. The number of rotatable bonds is 11. The first-order chi connectivity index (χ1) is 16.7. The van der Waals surface area contributed by atoms with Crippen LogP contribution in [0.25, 0.3) is 0 Å². The molecule has 34 heavy (non-hydrogen) atoms. The molecule has 2 atom stereocenters. The maximum atomic E-state index is 6.31. The molecule has 0 radical (unpaired) electrons. The fourth-order valence-corrected chi connectivity index (χ4v) is 4.61. The van der Waals surface area contributed by atoms with E-state index in [1.54, 1.807) is 6.07 Å². The summed E-state index contributed by atoms with van der Waals surface area (Å²) >= 11 is 12.3. The lowest BCUT2D eigenvalue weighted by molar-refractivity contribution is 0.0106. The summed E-state index contributed by atoms with van der Waals surface area (Å²) in [5.41, 5.74) is 3.41. The van der Waals surface area contributed by atoms with E-state index in [9.17, 15) is 0 Å². The zero-order valence-corrected chi connectivity index (χ0v) is 20.7. The van der Waals surface area contributed by atoms with Crippen molar-refractivity contribution in [2.45, 2.75) is 38.1 Å². The minimum absolute atomic E-state index is 0.0778. The molecule has 2 unspecified atom stereocenters. The molecule has 6 heteroatoms. The Labute approximate surface area is 212 Å². The van der Waals surface area contributed by atoms with Gasteiger partial charge in [-0.3, -0.25) is 0 Å². The van der Waals surface area contributed by atoms with Crippen LogP contribution in [0.5, 0.6) is 5.75 Å². The van der Waals surface area contributed by atoms with E-state index in [0.29, 0.717) is 42.4 Å². The van der Waals surface area contributed by atoms with Gasteiger partial charge in [0.15, 0.2) is 0 Å². The van der Waals surface area contributed by atoms with Crippen molar-refractivity contribution in [1.82, 2.24) is 5.32 Å². The molecule has 0 saturated carbocycles. The van der Waals surface area contributed by atoms with Crippen molar-refractivity contribution in [2.24, 2.45) is 0 Å². The molecule has 0 aliphatic carbocycles. The molecule has 180 valence electrons. The van der Waals surface area contributed by atoms with Crippen molar-refractivity contribution in [1.29, 1.82) is 0 Å². The van der Waals surface area contributed by atoms with Crippen LogP contribution in [0.1, 0.15) is 35.4 Å². The molecule has 1 saturated heterocycles. The van der Waals surface area contributed by atoms with E-state index in [1.807, 2.05) is 30.3 Å². The molecule has 0 amide bonds. The number of benzene rings is 3. The molecule has 1 aliphatic heterocycles. The van der Waals surface area contributed by atoms with Crippen molar-refractivity contribution in [2.75, 3.05) is 26.3 Å². The monoisotopic (exact) mass is 499 g/mol. The Morgan fingerprint density at radius 2 is 1.71 bits per heavy atom. The van der Waals surface area contributed by atoms with Gasteiger partial charge in [-0.15, -0.1) is 0 Å². The van der Waals surface area contributed by atoms with Crippen LogP contribution < -0.4 is 10.1 Å². The lowest BCUT2D eigenvalue weighted by Gasteiger charge is -2.32. The summed E-state index contributed by atoms with van der Waals surface area (Å²) < 4.78 is 17.9. The molecular formula is C28H31Cl2NO3. The van der Waals surface area contributed by atoms with Gasteiger partial charge in [0.1, 0.15) is 5.75 Å². The Hall–Kier alpha value is -2.08. The van der Waals surface area contributed by atoms with Crippen LogP contribution in [0.15, 0.2) is 72.8 Å². The second-order valence-electron chi connectivity index (χ2n) is 8.49. The number of halogens is 2. The van der Waals surface area contributed by atoms with E-state index in [0.717, 1.165) is 37.2 Å². The first-order valence-electron chi connectivity index (χ1n) is 11.8. The van der Waals surface area contributed by atoms with E-state index in [2.05, 4.69) is 41.7 Å². The second kappa shape index (κ2) is 13.1. The van der Waals surface area contributed by atoms with Gasteiger partial charge in [-0.05, 0) is 53.9 Å². The smallest absolute Gasteiger partial charge is 0.119 e. The van der Waals surface area contributed by atoms with Gasteiger partial charge in [0.25, 0.3) is 0 Å². The van der Waals surface area contributed by atoms with Crippen LogP contribution in [-0.4, -0.2) is 32.4 Å². The fourth-order valence-electron chi connectivity index (χ4n) is 4.15. The molecule has 0 bridgehead atoms. The highest BCUT2D eigenvalue weighted by molar-refractivity contribution is 6.35. The normalized spacial score (nSPS) is 18.1. The minimum Gasteiger partial charge on any atom is -0.494 e. The Balaban J connectivity index is 1.22. The second-order valence-corrected chi connectivity index (χ2v) is 9.34. The number of hydrogen-bond acceptors (Lipinski definition) is 4. The van der Waals surface area contributed by atoms with E-state index in [-0.39, 0.29) is 6.10 Å². The van der Waals surface area contributed by atoms with Crippen molar-refractivity contribution < 1.29 is 14.2 Å². The molecule has 3 aromatic carbocycles. The van der Waals surface area contributed by atoms with Crippen molar-refractivity contribution in [3.05, 3.63) is 99.5 Å². The summed E-state index contributed by atoms with van der Waals surface area (Å²) in [4.78, 5) is 0. The zero-order chi connectivity index (χ0) is 23.6. The maximum Gasteiger partial charge on any atom is 0.119 e. The first-order valence-corrected chi connectivity index (χ1v) is 12.6. The quantitative estimate of drug-likeness (QED) is 0.300. The third-order valence-corrected chi connectivity index (χ3v) is 6.60.